The van der Waals surface area contributed by atoms with Crippen LogP contribution in [0, 0.1) is 16.0 Å². The summed E-state index contributed by atoms with van der Waals surface area (Å²) in [6.45, 7) is 2.78. The maximum atomic E-state index is 12.9. The van der Waals surface area contributed by atoms with Gasteiger partial charge in [0.15, 0.2) is 0 Å². The number of hydrogen-bond acceptors (Lipinski definition) is 5. The van der Waals surface area contributed by atoms with Crippen LogP contribution in [-0.2, 0) is 4.79 Å². The van der Waals surface area contributed by atoms with E-state index in [9.17, 15) is 14.9 Å². The molecule has 3 fully saturated rings. The van der Waals surface area contributed by atoms with Crippen LogP contribution in [-0.4, -0.2) is 54.0 Å². The van der Waals surface area contributed by atoms with Gasteiger partial charge in [0.05, 0.1) is 11.0 Å². The SMILES string of the molecule is O=C(C1CC2CCCCC2N1)N1CCN(c2cccc([N+](=O)[O-])c2)CC1. The molecule has 26 heavy (non-hydrogen) atoms. The van der Waals surface area contributed by atoms with Gasteiger partial charge >= 0.3 is 0 Å². The largest absolute Gasteiger partial charge is 0.368 e. The average molecular weight is 358 g/mol. The van der Waals surface area contributed by atoms with Crippen LogP contribution >= 0.6 is 0 Å². The molecule has 0 aromatic heterocycles. The molecule has 2 aliphatic heterocycles. The number of rotatable bonds is 3. The van der Waals surface area contributed by atoms with Crippen molar-refractivity contribution in [2.24, 2.45) is 5.92 Å². The predicted molar refractivity (Wildman–Crippen MR) is 99.2 cm³/mol. The van der Waals surface area contributed by atoms with Crippen LogP contribution in [0.3, 0.4) is 0 Å². The quantitative estimate of drug-likeness (QED) is 0.662. The standard InChI is InChI=1S/C19H26N4O3/c24-19(18-12-14-4-1-2-7-17(14)20-18)22-10-8-21(9-11-22)15-5-3-6-16(13-15)23(25)26/h3,5-6,13-14,17-18,20H,1-2,4,7-12H2. The van der Waals surface area contributed by atoms with Gasteiger partial charge in [-0.2, -0.15) is 0 Å². The first-order valence-corrected chi connectivity index (χ1v) is 9.66. The van der Waals surface area contributed by atoms with Gasteiger partial charge in [0, 0.05) is 50.0 Å². The summed E-state index contributed by atoms with van der Waals surface area (Å²) in [4.78, 5) is 27.6. The number of non-ortho nitro benzene ring substituents is 1. The number of benzene rings is 1. The highest BCUT2D eigenvalue weighted by molar-refractivity contribution is 5.82. The Bertz CT molecular complexity index is 673. The fraction of sp³-hybridized carbons (Fsp3) is 0.632. The van der Waals surface area contributed by atoms with Gasteiger partial charge in [-0.25, -0.2) is 0 Å². The zero-order valence-corrected chi connectivity index (χ0v) is 15.0. The maximum absolute atomic E-state index is 12.9. The second-order valence-electron chi connectivity index (χ2n) is 7.70. The molecule has 2 heterocycles. The van der Waals surface area contributed by atoms with Crippen molar-refractivity contribution < 1.29 is 9.72 Å². The van der Waals surface area contributed by atoms with Crippen LogP contribution in [0.15, 0.2) is 24.3 Å². The summed E-state index contributed by atoms with van der Waals surface area (Å²) in [5.74, 6) is 0.905. The highest BCUT2D eigenvalue weighted by atomic mass is 16.6. The van der Waals surface area contributed by atoms with Crippen molar-refractivity contribution >= 4 is 17.3 Å². The third-order valence-electron chi connectivity index (χ3n) is 6.16. The van der Waals surface area contributed by atoms with E-state index in [1.54, 1.807) is 12.1 Å². The lowest BCUT2D eigenvalue weighted by Gasteiger charge is -2.37. The molecule has 1 aromatic rings. The van der Waals surface area contributed by atoms with Crippen LogP contribution in [0.1, 0.15) is 32.1 Å². The number of nitrogens with zero attached hydrogens (tertiary/aromatic N) is 3. The number of nitro benzene ring substituents is 1. The molecule has 0 bridgehead atoms. The molecule has 1 amide bonds. The molecular formula is C19H26N4O3. The van der Waals surface area contributed by atoms with Gasteiger partial charge in [-0.05, 0) is 31.2 Å². The number of nitro groups is 1. The molecule has 7 nitrogen and oxygen atoms in total. The molecule has 7 heteroatoms. The fourth-order valence-electron chi connectivity index (χ4n) is 4.72. The summed E-state index contributed by atoms with van der Waals surface area (Å²) in [5, 5.41) is 14.5. The van der Waals surface area contributed by atoms with E-state index in [2.05, 4.69) is 10.2 Å². The number of fused-ring (bicyclic) bond motifs is 1. The number of amides is 1. The minimum Gasteiger partial charge on any atom is -0.368 e. The molecule has 1 aromatic carbocycles. The highest BCUT2D eigenvalue weighted by Crippen LogP contribution is 2.34. The number of hydrogen-bond donors (Lipinski definition) is 1. The van der Waals surface area contributed by atoms with E-state index >= 15 is 0 Å². The Labute approximate surface area is 153 Å². The summed E-state index contributed by atoms with van der Waals surface area (Å²) in [5.41, 5.74) is 0.968. The number of carbonyl (C=O) groups is 1. The van der Waals surface area contributed by atoms with E-state index in [1.165, 1.54) is 31.7 Å². The summed E-state index contributed by atoms with van der Waals surface area (Å²) in [6, 6.07) is 7.24. The summed E-state index contributed by atoms with van der Waals surface area (Å²) >= 11 is 0. The van der Waals surface area contributed by atoms with E-state index in [0.717, 1.165) is 12.1 Å². The van der Waals surface area contributed by atoms with E-state index in [0.29, 0.717) is 38.1 Å². The number of carbonyl (C=O) groups excluding carboxylic acids is 1. The maximum Gasteiger partial charge on any atom is 0.271 e. The molecule has 0 spiro atoms. The van der Waals surface area contributed by atoms with Crippen LogP contribution in [0.25, 0.3) is 0 Å². The molecule has 4 rings (SSSR count). The summed E-state index contributed by atoms with van der Waals surface area (Å²) in [7, 11) is 0. The van der Waals surface area contributed by atoms with Crippen LogP contribution in [0.2, 0.25) is 0 Å². The molecule has 3 aliphatic rings. The first kappa shape index (κ1) is 17.3. The molecule has 140 valence electrons. The third kappa shape index (κ3) is 3.40. The second-order valence-corrected chi connectivity index (χ2v) is 7.70. The normalized spacial score (nSPS) is 28.7. The molecule has 1 saturated carbocycles. The van der Waals surface area contributed by atoms with Crippen molar-refractivity contribution in [2.45, 2.75) is 44.2 Å². The van der Waals surface area contributed by atoms with Crippen LogP contribution in [0.5, 0.6) is 0 Å². The predicted octanol–water partition coefficient (Wildman–Crippen LogP) is 2.16. The Morgan fingerprint density at radius 1 is 1.15 bits per heavy atom. The first-order chi connectivity index (χ1) is 12.6. The molecular weight excluding hydrogens is 332 g/mol. The van der Waals surface area contributed by atoms with Crippen molar-refractivity contribution in [1.82, 2.24) is 10.2 Å². The van der Waals surface area contributed by atoms with E-state index < -0.39 is 0 Å². The van der Waals surface area contributed by atoms with Gasteiger partial charge in [-0.3, -0.25) is 14.9 Å². The van der Waals surface area contributed by atoms with Crippen LogP contribution in [0.4, 0.5) is 11.4 Å². The zero-order valence-electron chi connectivity index (χ0n) is 15.0. The van der Waals surface area contributed by atoms with Gasteiger partial charge in [-0.15, -0.1) is 0 Å². The van der Waals surface area contributed by atoms with Crippen molar-refractivity contribution in [3.05, 3.63) is 34.4 Å². The number of anilines is 1. The molecule has 1 N–H and O–H groups in total. The minimum atomic E-state index is -0.367. The number of nitrogens with one attached hydrogen (secondary N) is 1. The monoisotopic (exact) mass is 358 g/mol. The van der Waals surface area contributed by atoms with E-state index in [1.807, 2.05) is 11.0 Å². The Balaban J connectivity index is 1.34. The van der Waals surface area contributed by atoms with Crippen molar-refractivity contribution in [3.63, 3.8) is 0 Å². The minimum absolute atomic E-state index is 0.0209. The number of piperazine rings is 1. The first-order valence-electron chi connectivity index (χ1n) is 9.66. The van der Waals surface area contributed by atoms with Crippen LogP contribution < -0.4 is 10.2 Å². The smallest absolute Gasteiger partial charge is 0.271 e. The van der Waals surface area contributed by atoms with Gasteiger partial charge in [-0.1, -0.05) is 18.9 Å². The summed E-state index contributed by atoms with van der Waals surface area (Å²) in [6.07, 6.45) is 6.01. The van der Waals surface area contributed by atoms with E-state index in [-0.39, 0.29) is 22.6 Å². The summed E-state index contributed by atoms with van der Waals surface area (Å²) < 4.78 is 0. The lowest BCUT2D eigenvalue weighted by molar-refractivity contribution is -0.384. The third-order valence-corrected chi connectivity index (χ3v) is 6.16. The van der Waals surface area contributed by atoms with Gasteiger partial charge < -0.3 is 15.1 Å². The molecule has 1 aliphatic carbocycles. The Hall–Kier alpha value is -2.15. The molecule has 3 unspecified atom stereocenters. The van der Waals surface area contributed by atoms with Crippen molar-refractivity contribution in [3.8, 4) is 0 Å². The van der Waals surface area contributed by atoms with Crippen molar-refractivity contribution in [1.29, 1.82) is 0 Å². The Kier molecular flexibility index (Phi) is 4.80. The molecule has 3 atom stereocenters. The van der Waals surface area contributed by atoms with Gasteiger partial charge in [0.1, 0.15) is 0 Å². The molecule has 0 radical (unpaired) electrons. The lowest BCUT2D eigenvalue weighted by Crippen LogP contribution is -2.53. The zero-order chi connectivity index (χ0) is 18.1. The van der Waals surface area contributed by atoms with Crippen molar-refractivity contribution in [2.75, 3.05) is 31.1 Å². The Morgan fingerprint density at radius 3 is 2.65 bits per heavy atom. The Morgan fingerprint density at radius 2 is 1.92 bits per heavy atom. The topological polar surface area (TPSA) is 78.7 Å². The average Bonchev–Trinajstić information content (AvgIpc) is 3.12. The highest BCUT2D eigenvalue weighted by Gasteiger charge is 2.40. The van der Waals surface area contributed by atoms with Gasteiger partial charge in [0.25, 0.3) is 5.69 Å². The fourth-order valence-corrected chi connectivity index (χ4v) is 4.72. The molecule has 2 saturated heterocycles. The van der Waals surface area contributed by atoms with Gasteiger partial charge in [0.2, 0.25) is 5.91 Å². The lowest BCUT2D eigenvalue weighted by atomic mass is 9.85. The van der Waals surface area contributed by atoms with E-state index in [4.69, 9.17) is 0 Å². The second kappa shape index (κ2) is 7.23.